The average Bonchev–Trinajstić information content (AvgIpc) is 2.80. The van der Waals surface area contributed by atoms with Crippen molar-refractivity contribution in [2.75, 3.05) is 0 Å². The van der Waals surface area contributed by atoms with Crippen molar-refractivity contribution in [3.63, 3.8) is 0 Å². The van der Waals surface area contributed by atoms with Crippen molar-refractivity contribution < 1.29 is 14.3 Å². The summed E-state index contributed by atoms with van der Waals surface area (Å²) in [6.07, 6.45) is 3.50. The molecular weight excluding hydrogens is 396 g/mol. The lowest BCUT2D eigenvalue weighted by atomic mass is 9.85. The molecule has 0 bridgehead atoms. The van der Waals surface area contributed by atoms with Gasteiger partial charge in [0.2, 0.25) is 0 Å². The SMILES string of the molecule is CCC(C)(CC)Oc1ccc(C(C)c2ccc(OC(=O)C(C)(CC)CC)c(C)c2)cc1C. The van der Waals surface area contributed by atoms with Gasteiger partial charge in [0.1, 0.15) is 17.1 Å². The summed E-state index contributed by atoms with van der Waals surface area (Å²) in [7, 11) is 0. The second-order valence-electron chi connectivity index (χ2n) is 9.69. The van der Waals surface area contributed by atoms with Crippen LogP contribution in [0.15, 0.2) is 36.4 Å². The first-order valence-corrected chi connectivity index (χ1v) is 12.1. The zero-order valence-corrected chi connectivity index (χ0v) is 21.6. The molecule has 176 valence electrons. The van der Waals surface area contributed by atoms with Crippen LogP contribution in [0, 0.1) is 19.3 Å². The molecule has 0 aliphatic rings. The summed E-state index contributed by atoms with van der Waals surface area (Å²) in [5.74, 6) is 1.69. The number of benzene rings is 2. The predicted octanol–water partition coefficient (Wildman–Crippen LogP) is 8.14. The molecular formula is C29H42O3. The largest absolute Gasteiger partial charge is 0.487 e. The molecule has 0 heterocycles. The normalized spacial score (nSPS) is 13.0. The topological polar surface area (TPSA) is 35.5 Å². The van der Waals surface area contributed by atoms with Gasteiger partial charge < -0.3 is 9.47 Å². The number of carbonyl (C=O) groups is 1. The van der Waals surface area contributed by atoms with Gasteiger partial charge in [-0.2, -0.15) is 0 Å². The first kappa shape index (κ1) is 26.0. The third kappa shape index (κ3) is 5.74. The number of carbonyl (C=O) groups excluding carboxylic acids is 1. The molecule has 0 saturated carbocycles. The second-order valence-corrected chi connectivity index (χ2v) is 9.69. The van der Waals surface area contributed by atoms with E-state index in [1.165, 1.54) is 11.1 Å². The molecule has 0 aromatic heterocycles. The number of esters is 1. The molecule has 0 aliphatic carbocycles. The second kappa shape index (κ2) is 10.6. The smallest absolute Gasteiger partial charge is 0.317 e. The Kier molecular flexibility index (Phi) is 8.56. The van der Waals surface area contributed by atoms with Crippen molar-refractivity contribution in [2.24, 2.45) is 5.41 Å². The lowest BCUT2D eigenvalue weighted by molar-refractivity contribution is -0.145. The van der Waals surface area contributed by atoms with Crippen molar-refractivity contribution in [3.8, 4) is 11.5 Å². The zero-order valence-electron chi connectivity index (χ0n) is 21.6. The maximum atomic E-state index is 12.7. The van der Waals surface area contributed by atoms with Gasteiger partial charge in [0, 0.05) is 5.92 Å². The van der Waals surface area contributed by atoms with Crippen LogP contribution < -0.4 is 9.47 Å². The molecule has 3 heteroatoms. The maximum Gasteiger partial charge on any atom is 0.317 e. The molecule has 0 aliphatic heterocycles. The van der Waals surface area contributed by atoms with E-state index in [9.17, 15) is 4.79 Å². The Bertz CT molecular complexity index is 920. The standard InChI is InChI=1S/C29H42O3/c1-10-28(8,11-2)27(30)31-25-16-14-23(18-20(25)5)22(7)24-15-17-26(21(6)19-24)32-29(9,12-3)13-4/h14-19,22H,10-13H2,1-9H3. The molecule has 0 radical (unpaired) electrons. The van der Waals surface area contributed by atoms with Crippen LogP contribution in [0.1, 0.15) is 102 Å². The van der Waals surface area contributed by atoms with E-state index in [1.807, 2.05) is 33.8 Å². The zero-order chi connectivity index (χ0) is 24.1. The molecule has 2 aromatic rings. The van der Waals surface area contributed by atoms with Gasteiger partial charge in [-0.05, 0) is 87.8 Å². The first-order chi connectivity index (χ1) is 15.0. The van der Waals surface area contributed by atoms with E-state index in [4.69, 9.17) is 9.47 Å². The maximum absolute atomic E-state index is 12.7. The van der Waals surface area contributed by atoms with Gasteiger partial charge >= 0.3 is 5.97 Å². The van der Waals surface area contributed by atoms with E-state index in [1.54, 1.807) is 0 Å². The van der Waals surface area contributed by atoms with Crippen LogP contribution in [0.25, 0.3) is 0 Å². The minimum absolute atomic E-state index is 0.131. The number of hydrogen-bond donors (Lipinski definition) is 0. The van der Waals surface area contributed by atoms with Crippen LogP contribution in [0.3, 0.4) is 0 Å². The molecule has 2 aromatic carbocycles. The summed E-state index contributed by atoms with van der Waals surface area (Å²) in [4.78, 5) is 12.7. The number of ether oxygens (including phenoxy) is 2. The molecule has 2 rings (SSSR count). The van der Waals surface area contributed by atoms with E-state index >= 15 is 0 Å². The van der Waals surface area contributed by atoms with Crippen LogP contribution in [0.4, 0.5) is 0 Å². The Labute approximate surface area is 195 Å². The summed E-state index contributed by atoms with van der Waals surface area (Å²) in [5.41, 5.74) is 4.02. The van der Waals surface area contributed by atoms with Crippen LogP contribution in [0.5, 0.6) is 11.5 Å². The third-order valence-electron chi connectivity index (χ3n) is 7.51. The predicted molar refractivity (Wildman–Crippen MR) is 134 cm³/mol. The Morgan fingerprint density at radius 3 is 1.69 bits per heavy atom. The Morgan fingerprint density at radius 1 is 0.812 bits per heavy atom. The van der Waals surface area contributed by atoms with E-state index in [2.05, 4.69) is 65.0 Å². The van der Waals surface area contributed by atoms with Gasteiger partial charge in [0.05, 0.1) is 5.41 Å². The van der Waals surface area contributed by atoms with E-state index < -0.39 is 5.41 Å². The van der Waals surface area contributed by atoms with Crippen molar-refractivity contribution in [1.29, 1.82) is 0 Å². The summed E-state index contributed by atoms with van der Waals surface area (Å²) < 4.78 is 12.1. The summed E-state index contributed by atoms with van der Waals surface area (Å²) >= 11 is 0. The quantitative estimate of drug-likeness (QED) is 0.277. The van der Waals surface area contributed by atoms with Gasteiger partial charge in [-0.25, -0.2) is 0 Å². The van der Waals surface area contributed by atoms with Crippen molar-refractivity contribution in [3.05, 3.63) is 58.7 Å². The minimum Gasteiger partial charge on any atom is -0.487 e. The Balaban J connectivity index is 2.22. The van der Waals surface area contributed by atoms with E-state index in [0.29, 0.717) is 5.75 Å². The van der Waals surface area contributed by atoms with Crippen molar-refractivity contribution >= 4 is 5.97 Å². The van der Waals surface area contributed by atoms with Gasteiger partial charge in [-0.3, -0.25) is 4.79 Å². The highest BCUT2D eigenvalue weighted by Gasteiger charge is 2.31. The summed E-state index contributed by atoms with van der Waals surface area (Å²) in [6.45, 7) is 18.9. The van der Waals surface area contributed by atoms with Gasteiger partial charge in [0.25, 0.3) is 0 Å². The molecule has 32 heavy (non-hydrogen) atoms. The lowest BCUT2D eigenvalue weighted by Gasteiger charge is -2.29. The molecule has 0 amide bonds. The van der Waals surface area contributed by atoms with Gasteiger partial charge in [-0.1, -0.05) is 58.9 Å². The van der Waals surface area contributed by atoms with Crippen molar-refractivity contribution in [2.45, 2.75) is 99.5 Å². The monoisotopic (exact) mass is 438 g/mol. The van der Waals surface area contributed by atoms with E-state index in [0.717, 1.165) is 42.6 Å². The van der Waals surface area contributed by atoms with Crippen LogP contribution in [0.2, 0.25) is 0 Å². The highest BCUT2D eigenvalue weighted by Crippen LogP contribution is 2.34. The van der Waals surface area contributed by atoms with Crippen LogP contribution in [-0.4, -0.2) is 11.6 Å². The molecule has 0 N–H and O–H groups in total. The highest BCUT2D eigenvalue weighted by atomic mass is 16.5. The molecule has 0 spiro atoms. The van der Waals surface area contributed by atoms with E-state index in [-0.39, 0.29) is 17.5 Å². The number of hydrogen-bond acceptors (Lipinski definition) is 3. The summed E-state index contributed by atoms with van der Waals surface area (Å²) in [5, 5.41) is 0. The fourth-order valence-corrected chi connectivity index (χ4v) is 3.73. The molecule has 1 atom stereocenters. The van der Waals surface area contributed by atoms with Crippen LogP contribution in [-0.2, 0) is 4.79 Å². The lowest BCUT2D eigenvalue weighted by Crippen LogP contribution is -2.30. The Morgan fingerprint density at radius 2 is 1.28 bits per heavy atom. The third-order valence-corrected chi connectivity index (χ3v) is 7.51. The highest BCUT2D eigenvalue weighted by molar-refractivity contribution is 5.79. The summed E-state index contributed by atoms with van der Waals surface area (Å²) in [6, 6.07) is 12.6. The number of rotatable bonds is 10. The van der Waals surface area contributed by atoms with Gasteiger partial charge in [-0.15, -0.1) is 0 Å². The first-order valence-electron chi connectivity index (χ1n) is 12.1. The molecule has 1 unspecified atom stereocenters. The minimum atomic E-state index is -0.439. The molecule has 0 fully saturated rings. The molecule has 0 saturated heterocycles. The average molecular weight is 439 g/mol. The number of aryl methyl sites for hydroxylation is 2. The van der Waals surface area contributed by atoms with Gasteiger partial charge in [0.15, 0.2) is 0 Å². The fraction of sp³-hybridized carbons (Fsp3) is 0.552. The fourth-order valence-electron chi connectivity index (χ4n) is 3.73. The van der Waals surface area contributed by atoms with Crippen molar-refractivity contribution in [1.82, 2.24) is 0 Å². The van der Waals surface area contributed by atoms with Crippen LogP contribution >= 0.6 is 0 Å². The molecule has 3 nitrogen and oxygen atoms in total. The Hall–Kier alpha value is -2.29.